The van der Waals surface area contributed by atoms with Crippen LogP contribution in [0.25, 0.3) is 0 Å². The summed E-state index contributed by atoms with van der Waals surface area (Å²) in [6.07, 6.45) is 9.10. The molecule has 0 aliphatic heterocycles. The minimum atomic E-state index is 0. The van der Waals surface area contributed by atoms with Crippen molar-refractivity contribution in [1.82, 2.24) is 4.84 Å². The van der Waals surface area contributed by atoms with Crippen LogP contribution in [0.3, 0.4) is 0 Å². The van der Waals surface area contributed by atoms with Crippen molar-refractivity contribution in [2.24, 2.45) is 0 Å². The average molecular weight is 341 g/mol. The normalized spacial score (nSPS) is 12.3. The second-order valence-electron chi connectivity index (χ2n) is 7.03. The Morgan fingerprint density at radius 3 is 1.48 bits per heavy atom. The fourth-order valence-electron chi connectivity index (χ4n) is 2.72. The Bertz CT molecular complexity index is 211. The Balaban J connectivity index is 0. The zero-order chi connectivity index (χ0) is 15.5. The Morgan fingerprint density at radius 1 is 0.810 bits per heavy atom. The lowest BCUT2D eigenvalue weighted by Crippen LogP contribution is -3.00. The highest BCUT2D eigenvalue weighted by molar-refractivity contribution is 6.13. The van der Waals surface area contributed by atoms with Crippen LogP contribution < -0.4 is 17.2 Å². The first-order chi connectivity index (χ1) is 9.45. The van der Waals surface area contributed by atoms with Gasteiger partial charge in [-0.25, -0.2) is 4.84 Å². The van der Waals surface area contributed by atoms with Gasteiger partial charge < -0.3 is 16.9 Å². The molecule has 0 atom stereocenters. The third kappa shape index (κ3) is 10.8. The van der Waals surface area contributed by atoms with Gasteiger partial charge in [0.05, 0.1) is 26.2 Å². The number of hydrogen-bond donors (Lipinski definition) is 1. The maximum atomic E-state index is 5.88. The molecule has 0 amide bonds. The summed E-state index contributed by atoms with van der Waals surface area (Å²) >= 11 is 5.88. The number of halogens is 2. The number of nitrogens with zero attached hydrogens (tertiary/aromatic N) is 1. The molecule has 0 saturated heterocycles. The molecule has 1 N–H and O–H groups in total. The van der Waals surface area contributed by atoms with Gasteiger partial charge in [-0.05, 0) is 44.9 Å². The first kappa shape index (κ1) is 23.8. The molecule has 0 heterocycles. The van der Waals surface area contributed by atoms with E-state index in [1.54, 1.807) is 0 Å². The van der Waals surface area contributed by atoms with Gasteiger partial charge in [-0.1, -0.05) is 40.0 Å². The van der Waals surface area contributed by atoms with Gasteiger partial charge in [0.2, 0.25) is 0 Å². The molecule has 0 saturated carbocycles. The lowest BCUT2D eigenvalue weighted by atomic mass is 10.00. The monoisotopic (exact) mass is 340 g/mol. The molecular weight excluding hydrogens is 303 g/mol. The van der Waals surface area contributed by atoms with E-state index in [-0.39, 0.29) is 17.9 Å². The molecular formula is C17H38Cl2N2. The number of rotatable bonds is 13. The number of nitrogens with one attached hydrogen (secondary N) is 1. The summed E-state index contributed by atoms with van der Waals surface area (Å²) in [6.45, 7) is 16.6. The zero-order valence-corrected chi connectivity index (χ0v) is 16.5. The van der Waals surface area contributed by atoms with Gasteiger partial charge in [0, 0.05) is 12.0 Å². The number of hydrogen-bond acceptors (Lipinski definition) is 1. The molecule has 0 radical (unpaired) electrons. The van der Waals surface area contributed by atoms with Crippen molar-refractivity contribution in [3.63, 3.8) is 0 Å². The van der Waals surface area contributed by atoms with Gasteiger partial charge in [0.1, 0.15) is 0 Å². The first-order valence-corrected chi connectivity index (χ1v) is 9.06. The van der Waals surface area contributed by atoms with Crippen molar-refractivity contribution in [1.29, 1.82) is 0 Å². The predicted molar refractivity (Wildman–Crippen MR) is 92.1 cm³/mol. The highest BCUT2D eigenvalue weighted by atomic mass is 35.5. The van der Waals surface area contributed by atoms with Crippen LogP contribution in [-0.2, 0) is 0 Å². The van der Waals surface area contributed by atoms with E-state index >= 15 is 0 Å². The molecule has 130 valence electrons. The number of quaternary nitrogens is 1. The standard InChI is InChI=1S/C17H38ClN2.ClH/c1-6-9-13-20(14-10-7-2,15-11-8-3)16-12-17(4,5)19-18;/h19H,6-16H2,1-5H3;1H/q+1;/p-1. The molecule has 0 unspecified atom stereocenters. The molecule has 21 heavy (non-hydrogen) atoms. The van der Waals surface area contributed by atoms with E-state index in [1.165, 1.54) is 69.2 Å². The summed E-state index contributed by atoms with van der Waals surface area (Å²) in [5.41, 5.74) is 0.0374. The van der Waals surface area contributed by atoms with Crippen LogP contribution in [0.2, 0.25) is 0 Å². The van der Waals surface area contributed by atoms with Crippen molar-refractivity contribution in [2.75, 3.05) is 26.2 Å². The Hall–Kier alpha value is 0.500. The largest absolute Gasteiger partial charge is 1.00 e. The Morgan fingerprint density at radius 2 is 1.19 bits per heavy atom. The van der Waals surface area contributed by atoms with E-state index in [1.807, 2.05) is 0 Å². The van der Waals surface area contributed by atoms with E-state index in [2.05, 4.69) is 39.5 Å². The van der Waals surface area contributed by atoms with Crippen LogP contribution in [0.4, 0.5) is 0 Å². The molecule has 0 aliphatic carbocycles. The van der Waals surface area contributed by atoms with E-state index in [0.717, 1.165) is 6.42 Å². The zero-order valence-electron chi connectivity index (χ0n) is 15.0. The highest BCUT2D eigenvalue weighted by Gasteiger charge is 2.29. The molecule has 0 aliphatic rings. The summed E-state index contributed by atoms with van der Waals surface area (Å²) < 4.78 is 1.30. The molecule has 4 heteroatoms. The minimum absolute atomic E-state index is 0. The van der Waals surface area contributed by atoms with Crippen LogP contribution in [-0.4, -0.2) is 36.2 Å². The molecule has 0 aromatic carbocycles. The van der Waals surface area contributed by atoms with Gasteiger partial charge in [0.25, 0.3) is 0 Å². The molecule has 0 bridgehead atoms. The predicted octanol–water partition coefficient (Wildman–Crippen LogP) is 2.12. The molecule has 0 rings (SSSR count). The van der Waals surface area contributed by atoms with E-state index in [0.29, 0.717) is 0 Å². The molecule has 2 nitrogen and oxygen atoms in total. The third-order valence-corrected chi connectivity index (χ3v) is 4.94. The minimum Gasteiger partial charge on any atom is -1.00 e. The van der Waals surface area contributed by atoms with Gasteiger partial charge in [-0.2, -0.15) is 0 Å². The van der Waals surface area contributed by atoms with Crippen molar-refractivity contribution in [2.45, 2.75) is 85.1 Å². The molecule has 0 aromatic rings. The van der Waals surface area contributed by atoms with E-state index < -0.39 is 0 Å². The van der Waals surface area contributed by atoms with Gasteiger partial charge >= 0.3 is 0 Å². The average Bonchev–Trinajstić information content (AvgIpc) is 2.46. The Kier molecular flexibility index (Phi) is 14.7. The fourth-order valence-corrected chi connectivity index (χ4v) is 2.81. The van der Waals surface area contributed by atoms with Gasteiger partial charge in [0.15, 0.2) is 0 Å². The smallest absolute Gasteiger partial charge is 0.0804 e. The summed E-state index contributed by atoms with van der Waals surface area (Å²) in [5, 5.41) is 0. The SMILES string of the molecule is CCCC[N+](CCCC)(CCCC)CCC(C)(C)NCl.[Cl-]. The topological polar surface area (TPSA) is 12.0 Å². The first-order valence-electron chi connectivity index (χ1n) is 8.68. The van der Waals surface area contributed by atoms with Crippen LogP contribution >= 0.6 is 11.8 Å². The summed E-state index contributed by atoms with van der Waals surface area (Å²) in [7, 11) is 0. The van der Waals surface area contributed by atoms with Crippen molar-refractivity contribution < 1.29 is 16.9 Å². The summed E-state index contributed by atoms with van der Waals surface area (Å²) in [6, 6.07) is 0. The van der Waals surface area contributed by atoms with Crippen LogP contribution in [0.1, 0.15) is 79.6 Å². The summed E-state index contributed by atoms with van der Waals surface area (Å²) in [5.74, 6) is 0. The van der Waals surface area contributed by atoms with E-state index in [4.69, 9.17) is 11.8 Å². The lowest BCUT2D eigenvalue weighted by Gasteiger charge is -2.41. The molecule has 0 spiro atoms. The number of unbranched alkanes of at least 4 members (excludes halogenated alkanes) is 3. The van der Waals surface area contributed by atoms with Crippen molar-refractivity contribution >= 4 is 11.8 Å². The van der Waals surface area contributed by atoms with Crippen LogP contribution in [0, 0.1) is 0 Å². The molecule has 0 aromatic heterocycles. The Labute approximate surface area is 145 Å². The fraction of sp³-hybridized carbons (Fsp3) is 1.00. The highest BCUT2D eigenvalue weighted by Crippen LogP contribution is 2.20. The maximum Gasteiger partial charge on any atom is 0.0804 e. The quantitative estimate of drug-likeness (QED) is 0.400. The van der Waals surface area contributed by atoms with Crippen LogP contribution in [0.5, 0.6) is 0 Å². The lowest BCUT2D eigenvalue weighted by molar-refractivity contribution is -0.929. The summed E-state index contributed by atoms with van der Waals surface area (Å²) in [4.78, 5) is 2.94. The third-order valence-electron chi connectivity index (χ3n) is 4.42. The molecule has 0 fully saturated rings. The van der Waals surface area contributed by atoms with Gasteiger partial charge in [-0.15, -0.1) is 0 Å². The van der Waals surface area contributed by atoms with Crippen molar-refractivity contribution in [3.05, 3.63) is 0 Å². The van der Waals surface area contributed by atoms with E-state index in [9.17, 15) is 0 Å². The van der Waals surface area contributed by atoms with Crippen molar-refractivity contribution in [3.8, 4) is 0 Å². The second-order valence-corrected chi connectivity index (χ2v) is 7.21. The maximum absolute atomic E-state index is 5.88. The van der Waals surface area contributed by atoms with Gasteiger partial charge in [-0.3, -0.25) is 0 Å². The second kappa shape index (κ2) is 13.0. The van der Waals surface area contributed by atoms with Crippen LogP contribution in [0.15, 0.2) is 0 Å².